The van der Waals surface area contributed by atoms with Gasteiger partial charge in [-0.3, -0.25) is 4.79 Å². The molecule has 0 saturated carbocycles. The van der Waals surface area contributed by atoms with Crippen LogP contribution in [0.3, 0.4) is 0 Å². The smallest absolute Gasteiger partial charge is 0.224 e. The van der Waals surface area contributed by atoms with Crippen molar-refractivity contribution in [2.75, 3.05) is 21.3 Å². The molecule has 0 atom stereocenters. The molecule has 0 aliphatic carbocycles. The van der Waals surface area contributed by atoms with Crippen molar-refractivity contribution in [2.24, 2.45) is 0 Å². The van der Waals surface area contributed by atoms with E-state index in [1.54, 1.807) is 33.5 Å². The van der Waals surface area contributed by atoms with Gasteiger partial charge < -0.3 is 19.5 Å². The zero-order valence-corrected chi connectivity index (χ0v) is 15.5. The third-order valence-corrected chi connectivity index (χ3v) is 4.27. The van der Waals surface area contributed by atoms with Gasteiger partial charge in [0, 0.05) is 11.0 Å². The number of halogens is 1. The van der Waals surface area contributed by atoms with Gasteiger partial charge in [-0.2, -0.15) is 0 Å². The molecule has 0 aliphatic rings. The minimum atomic E-state index is -0.0780. The number of benzene rings is 2. The van der Waals surface area contributed by atoms with Gasteiger partial charge >= 0.3 is 0 Å². The maximum atomic E-state index is 12.2. The van der Waals surface area contributed by atoms with Gasteiger partial charge in [-0.1, -0.05) is 28.1 Å². The van der Waals surface area contributed by atoms with Gasteiger partial charge in [0.15, 0.2) is 11.5 Å². The average Bonchev–Trinajstić information content (AvgIpc) is 2.61. The summed E-state index contributed by atoms with van der Waals surface area (Å²) in [5, 5.41) is 2.90. The van der Waals surface area contributed by atoms with Crippen molar-refractivity contribution < 1.29 is 19.0 Å². The van der Waals surface area contributed by atoms with Gasteiger partial charge in [-0.25, -0.2) is 0 Å². The highest BCUT2D eigenvalue weighted by atomic mass is 79.9. The maximum Gasteiger partial charge on any atom is 0.224 e. The van der Waals surface area contributed by atoms with E-state index in [0.29, 0.717) is 18.0 Å². The molecule has 0 fully saturated rings. The molecule has 0 unspecified atom stereocenters. The summed E-state index contributed by atoms with van der Waals surface area (Å²) < 4.78 is 16.5. The molecule has 0 saturated heterocycles. The number of nitrogens with one attached hydrogen (secondary N) is 1. The lowest BCUT2D eigenvalue weighted by atomic mass is 10.1. The normalized spacial score (nSPS) is 10.2. The quantitative estimate of drug-likeness (QED) is 0.783. The van der Waals surface area contributed by atoms with E-state index >= 15 is 0 Å². The Morgan fingerprint density at radius 2 is 1.75 bits per heavy atom. The molecule has 1 N–H and O–H groups in total. The molecule has 2 rings (SSSR count). The van der Waals surface area contributed by atoms with Crippen LogP contribution in [0.25, 0.3) is 0 Å². The molecule has 2 aromatic rings. The molecule has 5 nitrogen and oxygen atoms in total. The average molecular weight is 394 g/mol. The molecule has 6 heteroatoms. The van der Waals surface area contributed by atoms with Crippen LogP contribution < -0.4 is 19.5 Å². The Morgan fingerprint density at radius 1 is 1.04 bits per heavy atom. The fourth-order valence-electron chi connectivity index (χ4n) is 2.25. The van der Waals surface area contributed by atoms with E-state index in [2.05, 4.69) is 21.2 Å². The van der Waals surface area contributed by atoms with Crippen molar-refractivity contribution in [3.8, 4) is 17.2 Å². The Hall–Kier alpha value is -2.21. The van der Waals surface area contributed by atoms with Crippen LogP contribution in [0.5, 0.6) is 17.2 Å². The first-order chi connectivity index (χ1) is 11.6. The number of carbonyl (C=O) groups is 1. The van der Waals surface area contributed by atoms with Crippen LogP contribution in [0.4, 0.5) is 0 Å². The topological polar surface area (TPSA) is 56.8 Å². The fraction of sp³-hybridized carbons (Fsp3) is 0.278. The van der Waals surface area contributed by atoms with Gasteiger partial charge in [-0.05, 0) is 35.4 Å². The number of rotatable bonds is 7. The molecule has 0 spiro atoms. The summed E-state index contributed by atoms with van der Waals surface area (Å²) in [5.41, 5.74) is 1.81. The summed E-state index contributed by atoms with van der Waals surface area (Å²) in [6, 6.07) is 11.2. The first-order valence-corrected chi connectivity index (χ1v) is 8.16. The predicted molar refractivity (Wildman–Crippen MR) is 95.8 cm³/mol. The Balaban J connectivity index is 2.01. The zero-order valence-electron chi connectivity index (χ0n) is 13.9. The summed E-state index contributed by atoms with van der Waals surface area (Å²) in [5.74, 6) is 1.90. The number of methoxy groups -OCH3 is 3. The van der Waals surface area contributed by atoms with Crippen LogP contribution in [-0.2, 0) is 17.8 Å². The molecule has 0 aromatic heterocycles. The van der Waals surface area contributed by atoms with E-state index in [4.69, 9.17) is 14.2 Å². The lowest BCUT2D eigenvalue weighted by molar-refractivity contribution is -0.120. The molecular formula is C18H20BrNO4. The predicted octanol–water partition coefficient (Wildman–Crippen LogP) is 3.33. The number of hydrogen-bond donors (Lipinski definition) is 1. The molecule has 0 heterocycles. The molecule has 0 aliphatic heterocycles. The van der Waals surface area contributed by atoms with Crippen LogP contribution in [0.15, 0.2) is 40.9 Å². The van der Waals surface area contributed by atoms with E-state index in [9.17, 15) is 4.79 Å². The van der Waals surface area contributed by atoms with Crippen LogP contribution in [0, 0.1) is 0 Å². The van der Waals surface area contributed by atoms with Gasteiger partial charge in [0.1, 0.15) is 5.75 Å². The zero-order chi connectivity index (χ0) is 17.5. The minimum absolute atomic E-state index is 0.0780. The SMILES string of the molecule is COc1cccc(CNC(=O)Cc2cc(OC)c(OC)cc2Br)c1. The van der Waals surface area contributed by atoms with Crippen LogP contribution in [0.2, 0.25) is 0 Å². The molecule has 2 aromatic carbocycles. The third kappa shape index (κ3) is 4.64. The van der Waals surface area contributed by atoms with E-state index in [-0.39, 0.29) is 12.3 Å². The molecule has 0 bridgehead atoms. The van der Waals surface area contributed by atoms with Crippen LogP contribution in [0.1, 0.15) is 11.1 Å². The van der Waals surface area contributed by atoms with Gasteiger partial charge in [0.25, 0.3) is 0 Å². The summed E-state index contributed by atoms with van der Waals surface area (Å²) in [7, 11) is 4.76. The van der Waals surface area contributed by atoms with Gasteiger partial charge in [0.05, 0.1) is 27.8 Å². The maximum absolute atomic E-state index is 12.2. The second-order valence-electron chi connectivity index (χ2n) is 5.10. The van der Waals surface area contributed by atoms with E-state index in [1.165, 1.54) is 0 Å². The van der Waals surface area contributed by atoms with Crippen molar-refractivity contribution in [3.05, 3.63) is 52.0 Å². The van der Waals surface area contributed by atoms with E-state index in [1.807, 2.05) is 24.3 Å². The first-order valence-electron chi connectivity index (χ1n) is 7.37. The number of carbonyl (C=O) groups excluding carboxylic acids is 1. The Bertz CT molecular complexity index is 718. The van der Waals surface area contributed by atoms with Gasteiger partial charge in [-0.15, -0.1) is 0 Å². The lowest BCUT2D eigenvalue weighted by Gasteiger charge is -2.12. The Labute approximate surface area is 150 Å². The molecule has 1 amide bonds. The standard InChI is InChI=1S/C18H20BrNO4/c1-22-14-6-4-5-12(7-14)11-20-18(21)9-13-8-16(23-2)17(24-3)10-15(13)19/h4-8,10H,9,11H2,1-3H3,(H,20,21). The number of ether oxygens (including phenoxy) is 3. The third-order valence-electron chi connectivity index (χ3n) is 3.53. The van der Waals surface area contributed by atoms with E-state index < -0.39 is 0 Å². The summed E-state index contributed by atoms with van der Waals surface area (Å²) in [4.78, 5) is 12.2. The van der Waals surface area contributed by atoms with Crippen molar-refractivity contribution in [1.29, 1.82) is 0 Å². The fourth-order valence-corrected chi connectivity index (χ4v) is 2.71. The van der Waals surface area contributed by atoms with Crippen LogP contribution in [-0.4, -0.2) is 27.2 Å². The summed E-state index contributed by atoms with van der Waals surface area (Å²) in [6.07, 6.45) is 0.241. The summed E-state index contributed by atoms with van der Waals surface area (Å²) >= 11 is 3.46. The van der Waals surface area contributed by atoms with Crippen molar-refractivity contribution in [2.45, 2.75) is 13.0 Å². The highest BCUT2D eigenvalue weighted by Gasteiger charge is 2.12. The molecule has 24 heavy (non-hydrogen) atoms. The van der Waals surface area contributed by atoms with Crippen molar-refractivity contribution in [3.63, 3.8) is 0 Å². The highest BCUT2D eigenvalue weighted by Crippen LogP contribution is 2.33. The first kappa shape index (κ1) is 18.1. The lowest BCUT2D eigenvalue weighted by Crippen LogP contribution is -2.24. The molecule has 128 valence electrons. The Morgan fingerprint density at radius 3 is 2.42 bits per heavy atom. The largest absolute Gasteiger partial charge is 0.497 e. The molecule has 0 radical (unpaired) electrons. The van der Waals surface area contributed by atoms with Crippen molar-refractivity contribution in [1.82, 2.24) is 5.32 Å². The highest BCUT2D eigenvalue weighted by molar-refractivity contribution is 9.10. The number of amides is 1. The second kappa shape index (κ2) is 8.59. The second-order valence-corrected chi connectivity index (χ2v) is 5.96. The minimum Gasteiger partial charge on any atom is -0.497 e. The van der Waals surface area contributed by atoms with E-state index in [0.717, 1.165) is 21.3 Å². The van der Waals surface area contributed by atoms with Crippen LogP contribution >= 0.6 is 15.9 Å². The summed E-state index contributed by atoms with van der Waals surface area (Å²) in [6.45, 7) is 0.445. The number of hydrogen-bond acceptors (Lipinski definition) is 4. The monoisotopic (exact) mass is 393 g/mol. The van der Waals surface area contributed by atoms with Crippen molar-refractivity contribution >= 4 is 21.8 Å². The molecular weight excluding hydrogens is 374 g/mol. The van der Waals surface area contributed by atoms with Gasteiger partial charge in [0.2, 0.25) is 5.91 Å². The Kier molecular flexibility index (Phi) is 6.49.